The number of nitrogens with zero attached hydrogens (tertiary/aromatic N) is 1. The van der Waals surface area contributed by atoms with Crippen LogP contribution in [0.2, 0.25) is 0 Å². The van der Waals surface area contributed by atoms with E-state index in [1.165, 1.54) is 12.8 Å². The summed E-state index contributed by atoms with van der Waals surface area (Å²) >= 11 is 0. The van der Waals surface area contributed by atoms with Crippen LogP contribution in [-0.2, 0) is 9.84 Å². The van der Waals surface area contributed by atoms with Crippen molar-refractivity contribution < 1.29 is 8.42 Å². The van der Waals surface area contributed by atoms with Crippen LogP contribution in [-0.4, -0.2) is 49.0 Å². The maximum atomic E-state index is 12.0. The lowest BCUT2D eigenvalue weighted by Gasteiger charge is -2.48. The number of rotatable bonds is 3. The van der Waals surface area contributed by atoms with Crippen molar-refractivity contribution in [1.29, 1.82) is 0 Å². The van der Waals surface area contributed by atoms with Gasteiger partial charge in [0.2, 0.25) is 0 Å². The van der Waals surface area contributed by atoms with Crippen LogP contribution >= 0.6 is 0 Å². The highest BCUT2D eigenvalue weighted by Crippen LogP contribution is 2.38. The Kier molecular flexibility index (Phi) is 4.04. The number of likely N-dealkylation sites (tertiary alicyclic amines) is 1. The SMILES string of the molecule is CCC1CCC(C)N1C1(CN)CCCS(=O)(=O)C1. The van der Waals surface area contributed by atoms with Gasteiger partial charge in [0, 0.05) is 24.2 Å². The minimum Gasteiger partial charge on any atom is -0.329 e. The zero-order valence-corrected chi connectivity index (χ0v) is 12.4. The molecular formula is C13H26N2O2S. The molecule has 0 aromatic rings. The van der Waals surface area contributed by atoms with Crippen LogP contribution in [0.4, 0.5) is 0 Å². The molecule has 2 heterocycles. The van der Waals surface area contributed by atoms with Crippen LogP contribution in [0.15, 0.2) is 0 Å². The summed E-state index contributed by atoms with van der Waals surface area (Å²) in [6, 6.07) is 0.976. The second-order valence-corrected chi connectivity index (χ2v) is 8.20. The molecule has 0 aliphatic carbocycles. The first kappa shape index (κ1) is 14.3. The highest BCUT2D eigenvalue weighted by Gasteiger charge is 2.48. The average molecular weight is 274 g/mol. The number of hydrogen-bond donors (Lipinski definition) is 1. The number of sulfone groups is 1. The molecule has 2 N–H and O–H groups in total. The van der Waals surface area contributed by atoms with E-state index in [1.807, 2.05) is 0 Å². The molecule has 4 nitrogen and oxygen atoms in total. The monoisotopic (exact) mass is 274 g/mol. The normalized spacial score (nSPS) is 41.1. The predicted molar refractivity (Wildman–Crippen MR) is 74.3 cm³/mol. The summed E-state index contributed by atoms with van der Waals surface area (Å²) in [5.74, 6) is 0.602. The number of hydrogen-bond acceptors (Lipinski definition) is 4. The third-order valence-electron chi connectivity index (χ3n) is 4.77. The van der Waals surface area contributed by atoms with Gasteiger partial charge in [-0.2, -0.15) is 0 Å². The van der Waals surface area contributed by atoms with Gasteiger partial charge in [-0.3, -0.25) is 4.90 Å². The summed E-state index contributed by atoms with van der Waals surface area (Å²) in [5, 5.41) is 0. The molecule has 0 spiro atoms. The molecule has 18 heavy (non-hydrogen) atoms. The molecule has 2 rings (SSSR count). The van der Waals surface area contributed by atoms with Gasteiger partial charge < -0.3 is 5.73 Å². The van der Waals surface area contributed by atoms with Gasteiger partial charge in [-0.25, -0.2) is 8.42 Å². The molecular weight excluding hydrogens is 248 g/mol. The second kappa shape index (κ2) is 5.10. The van der Waals surface area contributed by atoms with E-state index in [-0.39, 0.29) is 11.3 Å². The lowest BCUT2D eigenvalue weighted by molar-refractivity contribution is 0.0518. The topological polar surface area (TPSA) is 63.4 Å². The van der Waals surface area contributed by atoms with E-state index in [0.29, 0.717) is 24.4 Å². The highest BCUT2D eigenvalue weighted by molar-refractivity contribution is 7.91. The van der Waals surface area contributed by atoms with Crippen molar-refractivity contribution in [2.24, 2.45) is 5.73 Å². The average Bonchev–Trinajstić information content (AvgIpc) is 2.69. The Morgan fingerprint density at radius 2 is 2.11 bits per heavy atom. The van der Waals surface area contributed by atoms with Crippen LogP contribution in [0, 0.1) is 0 Å². The summed E-state index contributed by atoms with van der Waals surface area (Å²) in [6.07, 6.45) is 5.13. The van der Waals surface area contributed by atoms with E-state index >= 15 is 0 Å². The molecule has 2 aliphatic rings. The molecule has 3 atom stereocenters. The van der Waals surface area contributed by atoms with Crippen molar-refractivity contribution >= 4 is 9.84 Å². The van der Waals surface area contributed by atoms with E-state index in [0.717, 1.165) is 19.3 Å². The summed E-state index contributed by atoms with van der Waals surface area (Å²) in [4.78, 5) is 2.45. The third kappa shape index (κ3) is 2.45. The van der Waals surface area contributed by atoms with Crippen LogP contribution in [0.1, 0.15) is 46.0 Å². The third-order valence-corrected chi connectivity index (χ3v) is 6.66. The first-order valence-electron chi connectivity index (χ1n) is 7.13. The van der Waals surface area contributed by atoms with Gasteiger partial charge in [-0.1, -0.05) is 6.92 Å². The largest absolute Gasteiger partial charge is 0.329 e. The van der Waals surface area contributed by atoms with E-state index in [4.69, 9.17) is 5.73 Å². The summed E-state index contributed by atoms with van der Waals surface area (Å²) in [6.45, 7) is 4.87. The van der Waals surface area contributed by atoms with Gasteiger partial charge in [-0.05, 0) is 39.0 Å². The van der Waals surface area contributed by atoms with E-state index < -0.39 is 9.84 Å². The van der Waals surface area contributed by atoms with Gasteiger partial charge >= 0.3 is 0 Å². The molecule has 5 heteroatoms. The maximum Gasteiger partial charge on any atom is 0.152 e. The van der Waals surface area contributed by atoms with Crippen LogP contribution in [0.5, 0.6) is 0 Å². The van der Waals surface area contributed by atoms with Gasteiger partial charge in [-0.15, -0.1) is 0 Å². The maximum absolute atomic E-state index is 12.0. The Morgan fingerprint density at radius 1 is 1.39 bits per heavy atom. The Bertz CT molecular complexity index is 396. The Labute approximate surface area is 111 Å². The number of nitrogens with two attached hydrogens (primary N) is 1. The fraction of sp³-hybridized carbons (Fsp3) is 1.00. The molecule has 0 saturated carbocycles. The molecule has 0 amide bonds. The summed E-state index contributed by atoms with van der Waals surface area (Å²) in [7, 11) is -2.92. The van der Waals surface area contributed by atoms with Crippen molar-refractivity contribution in [1.82, 2.24) is 4.90 Å². The molecule has 0 aromatic heterocycles. The molecule has 3 unspecified atom stereocenters. The minimum atomic E-state index is -2.92. The second-order valence-electron chi connectivity index (χ2n) is 6.02. The lowest BCUT2D eigenvalue weighted by atomic mass is 9.91. The highest BCUT2D eigenvalue weighted by atomic mass is 32.2. The van der Waals surface area contributed by atoms with Crippen LogP contribution in [0.3, 0.4) is 0 Å². The van der Waals surface area contributed by atoms with E-state index in [2.05, 4.69) is 18.7 Å². The molecule has 106 valence electrons. The van der Waals surface area contributed by atoms with Crippen molar-refractivity contribution in [3.63, 3.8) is 0 Å². The van der Waals surface area contributed by atoms with Crippen LogP contribution in [0.25, 0.3) is 0 Å². The van der Waals surface area contributed by atoms with Gasteiger partial charge in [0.25, 0.3) is 0 Å². The summed E-state index contributed by atoms with van der Waals surface area (Å²) in [5.41, 5.74) is 5.71. The lowest BCUT2D eigenvalue weighted by Crippen LogP contribution is -2.63. The predicted octanol–water partition coefficient (Wildman–Crippen LogP) is 1.16. The van der Waals surface area contributed by atoms with Crippen molar-refractivity contribution in [3.05, 3.63) is 0 Å². The fourth-order valence-corrected chi connectivity index (χ4v) is 5.93. The molecule has 0 radical (unpaired) electrons. The molecule has 2 saturated heterocycles. The minimum absolute atomic E-state index is 0.261. The van der Waals surface area contributed by atoms with Crippen molar-refractivity contribution in [2.45, 2.75) is 63.6 Å². The molecule has 0 bridgehead atoms. The standard InChI is InChI=1S/C13H26N2O2S/c1-3-12-6-5-11(2)15(12)13(9-14)7-4-8-18(16,17)10-13/h11-12H,3-10,14H2,1-2H3. The van der Waals surface area contributed by atoms with E-state index in [9.17, 15) is 8.42 Å². The Morgan fingerprint density at radius 3 is 2.67 bits per heavy atom. The van der Waals surface area contributed by atoms with Crippen molar-refractivity contribution in [2.75, 3.05) is 18.1 Å². The molecule has 2 aliphatic heterocycles. The zero-order valence-electron chi connectivity index (χ0n) is 11.6. The Balaban J connectivity index is 2.31. The quantitative estimate of drug-likeness (QED) is 0.838. The summed E-state index contributed by atoms with van der Waals surface area (Å²) < 4.78 is 24.0. The van der Waals surface area contributed by atoms with Gasteiger partial charge in [0.1, 0.15) is 0 Å². The smallest absolute Gasteiger partial charge is 0.152 e. The van der Waals surface area contributed by atoms with Gasteiger partial charge in [0.15, 0.2) is 9.84 Å². The van der Waals surface area contributed by atoms with Gasteiger partial charge in [0.05, 0.1) is 11.5 Å². The first-order chi connectivity index (χ1) is 8.44. The van der Waals surface area contributed by atoms with Crippen LogP contribution < -0.4 is 5.73 Å². The van der Waals surface area contributed by atoms with Crippen molar-refractivity contribution in [3.8, 4) is 0 Å². The first-order valence-corrected chi connectivity index (χ1v) is 8.95. The molecule has 0 aromatic carbocycles. The Hall–Kier alpha value is -0.130. The van der Waals surface area contributed by atoms with E-state index in [1.54, 1.807) is 0 Å². The zero-order chi connectivity index (χ0) is 13.4. The fourth-order valence-electron chi connectivity index (χ4n) is 3.97. The molecule has 2 fully saturated rings.